The summed E-state index contributed by atoms with van der Waals surface area (Å²) < 4.78 is 40.7. The van der Waals surface area contributed by atoms with Gasteiger partial charge in [0, 0.05) is 37.9 Å². The van der Waals surface area contributed by atoms with E-state index in [4.69, 9.17) is 9.47 Å². The molecule has 1 amide bonds. The van der Waals surface area contributed by atoms with E-state index in [0.29, 0.717) is 17.8 Å². The molecule has 13 heteroatoms. The van der Waals surface area contributed by atoms with Gasteiger partial charge in [-0.1, -0.05) is 32.0 Å². The molecule has 0 fully saturated rings. The lowest BCUT2D eigenvalue weighted by molar-refractivity contribution is -0.385. The van der Waals surface area contributed by atoms with Gasteiger partial charge in [0.2, 0.25) is 15.9 Å². The zero-order valence-corrected chi connectivity index (χ0v) is 21.7. The summed E-state index contributed by atoms with van der Waals surface area (Å²) in [5.74, 6) is -0.286. The largest absolute Gasteiger partial charge is 0.437 e. The Kier molecular flexibility index (Phi) is 8.97. The van der Waals surface area contributed by atoms with E-state index in [1.807, 2.05) is 19.9 Å². The predicted molar refractivity (Wildman–Crippen MR) is 136 cm³/mol. The van der Waals surface area contributed by atoms with Gasteiger partial charge in [0.25, 0.3) is 11.6 Å². The molecule has 1 aromatic heterocycles. The number of ether oxygens (including phenoxy) is 2. The van der Waals surface area contributed by atoms with Crippen LogP contribution in [0.3, 0.4) is 0 Å². The summed E-state index contributed by atoms with van der Waals surface area (Å²) in [6.45, 7) is 6.02. The fraction of sp³-hybridized carbons (Fsp3) is 0.333. The number of carbonyl (C=O) groups excluding carboxylic acids is 1. The molecule has 0 saturated carbocycles. The van der Waals surface area contributed by atoms with Gasteiger partial charge in [0.15, 0.2) is 5.69 Å². The second kappa shape index (κ2) is 12.0. The number of carbonyl (C=O) groups is 1. The lowest BCUT2D eigenvalue weighted by atomic mass is 10.2. The van der Waals surface area contributed by atoms with Crippen molar-refractivity contribution in [1.29, 1.82) is 0 Å². The molecule has 1 heterocycles. The average Bonchev–Trinajstić information content (AvgIpc) is 3.19. The number of amides is 1. The molecular weight excluding hydrogens is 502 g/mol. The maximum Gasteiger partial charge on any atom is 0.272 e. The van der Waals surface area contributed by atoms with Gasteiger partial charge in [-0.05, 0) is 31.0 Å². The van der Waals surface area contributed by atoms with E-state index >= 15 is 0 Å². The zero-order chi connectivity index (χ0) is 27.2. The Morgan fingerprint density at radius 3 is 2.51 bits per heavy atom. The number of nitro groups is 1. The van der Waals surface area contributed by atoms with E-state index in [1.54, 1.807) is 31.2 Å². The number of aromatic nitrogens is 2. The lowest BCUT2D eigenvalue weighted by Gasteiger charge is -2.14. The number of rotatable bonds is 12. The minimum atomic E-state index is -4.23. The molecule has 2 aromatic carbocycles. The summed E-state index contributed by atoms with van der Waals surface area (Å²) in [5, 5.41) is 18.6. The van der Waals surface area contributed by atoms with Crippen molar-refractivity contribution in [2.75, 3.05) is 26.8 Å². The fourth-order valence-corrected chi connectivity index (χ4v) is 4.46. The second-order valence-corrected chi connectivity index (χ2v) is 10.2. The first-order valence-electron chi connectivity index (χ1n) is 11.4. The standard InChI is InChI=1S/C24H29N5O7S/c1-16(2)15-25-23(30)22-17(3)24(28(27-22)18-8-6-5-7-9-18)36-20-11-10-19(29(31)32)14-21(20)37(33,34)26-12-13-35-4/h5-11,14,16,26H,12-13,15H2,1-4H3,(H,25,30). The topological polar surface area (TPSA) is 155 Å². The summed E-state index contributed by atoms with van der Waals surface area (Å²) in [5.41, 5.74) is 0.595. The van der Waals surface area contributed by atoms with Crippen molar-refractivity contribution in [3.8, 4) is 17.3 Å². The maximum atomic E-state index is 13.0. The van der Waals surface area contributed by atoms with Crippen LogP contribution in [0.1, 0.15) is 29.9 Å². The van der Waals surface area contributed by atoms with Gasteiger partial charge in [-0.2, -0.15) is 9.78 Å². The fourth-order valence-electron chi connectivity index (χ4n) is 3.31. The van der Waals surface area contributed by atoms with Crippen LogP contribution < -0.4 is 14.8 Å². The van der Waals surface area contributed by atoms with Gasteiger partial charge in [-0.3, -0.25) is 14.9 Å². The van der Waals surface area contributed by atoms with Crippen molar-refractivity contribution in [1.82, 2.24) is 19.8 Å². The van der Waals surface area contributed by atoms with Gasteiger partial charge in [-0.15, -0.1) is 0 Å². The van der Waals surface area contributed by atoms with E-state index in [0.717, 1.165) is 12.1 Å². The summed E-state index contributed by atoms with van der Waals surface area (Å²) in [6, 6.07) is 12.1. The molecule has 12 nitrogen and oxygen atoms in total. The average molecular weight is 532 g/mol. The molecule has 0 aliphatic heterocycles. The van der Waals surface area contributed by atoms with Gasteiger partial charge >= 0.3 is 0 Å². The summed E-state index contributed by atoms with van der Waals surface area (Å²) >= 11 is 0. The van der Waals surface area contributed by atoms with Crippen molar-refractivity contribution in [3.63, 3.8) is 0 Å². The highest BCUT2D eigenvalue weighted by Crippen LogP contribution is 2.35. The van der Waals surface area contributed by atoms with Crippen molar-refractivity contribution in [2.45, 2.75) is 25.7 Å². The van der Waals surface area contributed by atoms with E-state index in [2.05, 4.69) is 15.1 Å². The maximum absolute atomic E-state index is 13.0. The summed E-state index contributed by atoms with van der Waals surface area (Å²) in [7, 11) is -2.81. The molecule has 0 spiro atoms. The first kappa shape index (κ1) is 27.8. The predicted octanol–water partition coefficient (Wildman–Crippen LogP) is 3.19. The molecule has 0 atom stereocenters. The van der Waals surface area contributed by atoms with Crippen LogP contribution in [-0.4, -0.2) is 55.8 Å². The van der Waals surface area contributed by atoms with Gasteiger partial charge in [0.1, 0.15) is 10.6 Å². The third kappa shape index (κ3) is 6.70. The van der Waals surface area contributed by atoms with E-state index in [1.165, 1.54) is 17.9 Å². The Bertz CT molecular complexity index is 1370. The minimum absolute atomic E-state index is 0.0535. The first-order chi connectivity index (χ1) is 17.5. The van der Waals surface area contributed by atoms with Crippen LogP contribution in [-0.2, 0) is 14.8 Å². The summed E-state index contributed by atoms with van der Waals surface area (Å²) in [4.78, 5) is 23.1. The second-order valence-electron chi connectivity index (χ2n) is 8.51. The Labute approximate surface area is 214 Å². The number of nitrogens with one attached hydrogen (secondary N) is 2. The molecule has 0 unspecified atom stereocenters. The summed E-state index contributed by atoms with van der Waals surface area (Å²) in [6.07, 6.45) is 0. The van der Waals surface area contributed by atoms with E-state index in [9.17, 15) is 23.3 Å². The number of benzene rings is 2. The smallest absolute Gasteiger partial charge is 0.272 e. The van der Waals surface area contributed by atoms with Crippen LogP contribution in [0.25, 0.3) is 5.69 Å². The number of hydrogen-bond donors (Lipinski definition) is 2. The van der Waals surface area contributed by atoms with Crippen molar-refractivity contribution >= 4 is 21.6 Å². The van der Waals surface area contributed by atoms with Crippen LogP contribution in [0.2, 0.25) is 0 Å². The molecule has 0 aliphatic carbocycles. The third-order valence-electron chi connectivity index (χ3n) is 5.19. The first-order valence-corrected chi connectivity index (χ1v) is 12.9. The van der Waals surface area contributed by atoms with Crippen LogP contribution in [0, 0.1) is 23.0 Å². The monoisotopic (exact) mass is 531 g/mol. The SMILES string of the molecule is COCCNS(=O)(=O)c1cc([N+](=O)[O-])ccc1Oc1c(C)c(C(=O)NCC(C)C)nn1-c1ccccc1. The van der Waals surface area contributed by atoms with Crippen LogP contribution in [0.4, 0.5) is 5.69 Å². The van der Waals surface area contributed by atoms with Gasteiger partial charge in [-0.25, -0.2) is 13.1 Å². The molecule has 2 N–H and O–H groups in total. The number of nitrogens with zero attached hydrogens (tertiary/aromatic N) is 3. The van der Waals surface area contributed by atoms with Crippen LogP contribution in [0.5, 0.6) is 11.6 Å². The molecular formula is C24H29N5O7S. The number of hydrogen-bond acceptors (Lipinski definition) is 8. The Balaban J connectivity index is 2.13. The lowest BCUT2D eigenvalue weighted by Crippen LogP contribution is -2.28. The Morgan fingerprint density at radius 1 is 1.19 bits per heavy atom. The highest BCUT2D eigenvalue weighted by Gasteiger charge is 2.27. The Hall–Kier alpha value is -3.81. The number of non-ortho nitro benzene ring substituents is 1. The highest BCUT2D eigenvalue weighted by molar-refractivity contribution is 7.89. The van der Waals surface area contributed by atoms with Crippen molar-refractivity contribution < 1.29 is 27.6 Å². The normalized spacial score (nSPS) is 11.5. The molecule has 0 radical (unpaired) electrons. The molecule has 0 bridgehead atoms. The van der Waals surface area contributed by atoms with Gasteiger partial charge in [0.05, 0.1) is 17.2 Å². The molecule has 0 aliphatic rings. The molecule has 3 rings (SSSR count). The molecule has 198 valence electrons. The zero-order valence-electron chi connectivity index (χ0n) is 20.9. The van der Waals surface area contributed by atoms with Gasteiger partial charge < -0.3 is 14.8 Å². The third-order valence-corrected chi connectivity index (χ3v) is 6.67. The number of para-hydroxylation sites is 1. The van der Waals surface area contributed by atoms with Crippen molar-refractivity contribution in [2.24, 2.45) is 5.92 Å². The highest BCUT2D eigenvalue weighted by atomic mass is 32.2. The molecule has 0 saturated heterocycles. The van der Waals surface area contributed by atoms with Crippen molar-refractivity contribution in [3.05, 3.63) is 69.9 Å². The van der Waals surface area contributed by atoms with Crippen LogP contribution in [0.15, 0.2) is 53.4 Å². The van der Waals surface area contributed by atoms with E-state index in [-0.39, 0.29) is 36.4 Å². The van der Waals surface area contributed by atoms with E-state index < -0.39 is 31.4 Å². The molecule has 37 heavy (non-hydrogen) atoms. The number of nitro benzene ring substituents is 1. The minimum Gasteiger partial charge on any atom is -0.437 e. The Morgan fingerprint density at radius 2 is 1.89 bits per heavy atom. The quantitative estimate of drug-likeness (QED) is 0.205. The number of sulfonamides is 1. The number of methoxy groups -OCH3 is 1. The van der Waals surface area contributed by atoms with Crippen LogP contribution >= 0.6 is 0 Å². The molecule has 3 aromatic rings.